The van der Waals surface area contributed by atoms with Crippen LogP contribution < -0.4 is 0 Å². The Labute approximate surface area is 64.4 Å². The number of rotatable bonds is 3. The molecule has 0 bridgehead atoms. The van der Waals surface area contributed by atoms with Crippen LogP contribution in [0.4, 0.5) is 0 Å². The Balaban J connectivity index is 2.29. The van der Waals surface area contributed by atoms with Crippen molar-refractivity contribution in [2.45, 2.75) is 12.5 Å². The van der Waals surface area contributed by atoms with Crippen LogP contribution >= 0.6 is 0 Å². The van der Waals surface area contributed by atoms with Crippen LogP contribution in [0.2, 0.25) is 0 Å². The molecule has 1 aliphatic heterocycles. The standard InChI is InChI=1S/C7H10O4/c1-5(7(8)9)2-6-3-10-4-11-6/h6H,1-4H2,(H,8,9). The topological polar surface area (TPSA) is 55.8 Å². The summed E-state index contributed by atoms with van der Waals surface area (Å²) in [5.74, 6) is -0.972. The maximum absolute atomic E-state index is 10.3. The highest BCUT2D eigenvalue weighted by Crippen LogP contribution is 2.12. The molecule has 11 heavy (non-hydrogen) atoms. The Morgan fingerprint density at radius 2 is 2.45 bits per heavy atom. The average molecular weight is 158 g/mol. The summed E-state index contributed by atoms with van der Waals surface area (Å²) in [5.41, 5.74) is 0.167. The number of aliphatic carboxylic acids is 1. The molecule has 1 heterocycles. The normalized spacial score (nSPS) is 23.5. The fourth-order valence-electron chi connectivity index (χ4n) is 0.852. The van der Waals surface area contributed by atoms with E-state index >= 15 is 0 Å². The second kappa shape index (κ2) is 3.50. The van der Waals surface area contributed by atoms with Crippen LogP contribution in [0.25, 0.3) is 0 Å². The zero-order chi connectivity index (χ0) is 8.27. The molecule has 0 saturated carbocycles. The molecule has 1 aliphatic rings. The first-order valence-electron chi connectivity index (χ1n) is 3.30. The second-order valence-corrected chi connectivity index (χ2v) is 2.39. The Hall–Kier alpha value is -0.870. The van der Waals surface area contributed by atoms with Crippen molar-refractivity contribution in [2.24, 2.45) is 0 Å². The first kappa shape index (κ1) is 8.23. The van der Waals surface area contributed by atoms with Gasteiger partial charge in [0.2, 0.25) is 0 Å². The lowest BCUT2D eigenvalue weighted by Gasteiger charge is -2.05. The van der Waals surface area contributed by atoms with Crippen molar-refractivity contribution in [1.82, 2.24) is 0 Å². The molecule has 1 N–H and O–H groups in total. The summed E-state index contributed by atoms with van der Waals surface area (Å²) in [6, 6.07) is 0. The molecule has 62 valence electrons. The number of ether oxygens (including phenoxy) is 2. The van der Waals surface area contributed by atoms with Crippen molar-refractivity contribution in [3.8, 4) is 0 Å². The second-order valence-electron chi connectivity index (χ2n) is 2.39. The van der Waals surface area contributed by atoms with E-state index in [9.17, 15) is 4.79 Å². The molecule has 1 rings (SSSR count). The molecule has 1 atom stereocenters. The van der Waals surface area contributed by atoms with Gasteiger partial charge in [0, 0.05) is 12.0 Å². The molecular formula is C7H10O4. The molecule has 0 aromatic heterocycles. The van der Waals surface area contributed by atoms with Gasteiger partial charge >= 0.3 is 5.97 Å². The van der Waals surface area contributed by atoms with E-state index in [0.717, 1.165) is 0 Å². The Morgan fingerprint density at radius 3 is 2.91 bits per heavy atom. The molecule has 4 heteroatoms. The molecule has 1 saturated heterocycles. The fourth-order valence-corrected chi connectivity index (χ4v) is 0.852. The number of carbonyl (C=O) groups is 1. The van der Waals surface area contributed by atoms with Crippen LogP contribution in [0.1, 0.15) is 6.42 Å². The highest BCUT2D eigenvalue weighted by molar-refractivity contribution is 5.85. The zero-order valence-electron chi connectivity index (χ0n) is 6.08. The summed E-state index contributed by atoms with van der Waals surface area (Å²) in [4.78, 5) is 10.3. The third-order valence-corrected chi connectivity index (χ3v) is 1.47. The SMILES string of the molecule is C=C(CC1COCO1)C(=O)O. The van der Waals surface area contributed by atoms with Gasteiger partial charge in [0.25, 0.3) is 0 Å². The van der Waals surface area contributed by atoms with Gasteiger partial charge < -0.3 is 14.6 Å². The molecule has 1 unspecified atom stereocenters. The quantitative estimate of drug-likeness (QED) is 0.603. The number of hydrogen-bond donors (Lipinski definition) is 1. The van der Waals surface area contributed by atoms with Crippen LogP contribution in [0.15, 0.2) is 12.2 Å². The highest BCUT2D eigenvalue weighted by Gasteiger charge is 2.19. The van der Waals surface area contributed by atoms with E-state index < -0.39 is 5.97 Å². The average Bonchev–Trinajstić information content (AvgIpc) is 2.39. The number of hydrogen-bond acceptors (Lipinski definition) is 3. The van der Waals surface area contributed by atoms with E-state index in [-0.39, 0.29) is 18.5 Å². The van der Waals surface area contributed by atoms with E-state index in [1.165, 1.54) is 0 Å². The fraction of sp³-hybridized carbons (Fsp3) is 0.571. The maximum atomic E-state index is 10.3. The van der Waals surface area contributed by atoms with Crippen molar-refractivity contribution in [1.29, 1.82) is 0 Å². The molecule has 0 aliphatic carbocycles. The molecule has 1 fully saturated rings. The summed E-state index contributed by atoms with van der Waals surface area (Å²) in [5, 5.41) is 8.45. The van der Waals surface area contributed by atoms with E-state index in [1.54, 1.807) is 0 Å². The minimum absolute atomic E-state index is 0.126. The van der Waals surface area contributed by atoms with Crippen molar-refractivity contribution in [3.63, 3.8) is 0 Å². The van der Waals surface area contributed by atoms with E-state index in [4.69, 9.17) is 14.6 Å². The number of carboxylic acid groups (broad SMARTS) is 1. The summed E-state index contributed by atoms with van der Waals surface area (Å²) in [6.07, 6.45) is 0.216. The van der Waals surface area contributed by atoms with Gasteiger partial charge in [-0.25, -0.2) is 4.79 Å². The van der Waals surface area contributed by atoms with Crippen molar-refractivity contribution in [3.05, 3.63) is 12.2 Å². The van der Waals surface area contributed by atoms with Gasteiger partial charge in [-0.1, -0.05) is 6.58 Å². The molecule has 4 nitrogen and oxygen atoms in total. The molecule has 0 aromatic carbocycles. The van der Waals surface area contributed by atoms with Crippen LogP contribution in [-0.2, 0) is 14.3 Å². The first-order valence-corrected chi connectivity index (χ1v) is 3.30. The third kappa shape index (κ3) is 2.32. The van der Waals surface area contributed by atoms with Gasteiger partial charge in [0.15, 0.2) is 0 Å². The summed E-state index contributed by atoms with van der Waals surface area (Å²) in [6.45, 7) is 4.11. The summed E-state index contributed by atoms with van der Waals surface area (Å²) < 4.78 is 9.91. The number of carboxylic acids is 1. The summed E-state index contributed by atoms with van der Waals surface area (Å²) in [7, 11) is 0. The largest absolute Gasteiger partial charge is 0.478 e. The Bertz CT molecular complexity index is 169. The third-order valence-electron chi connectivity index (χ3n) is 1.47. The van der Waals surface area contributed by atoms with Gasteiger partial charge in [-0.3, -0.25) is 0 Å². The predicted molar refractivity (Wildman–Crippen MR) is 37.1 cm³/mol. The maximum Gasteiger partial charge on any atom is 0.331 e. The van der Waals surface area contributed by atoms with Crippen LogP contribution in [0.5, 0.6) is 0 Å². The minimum atomic E-state index is -0.972. The molecular weight excluding hydrogens is 148 g/mol. The molecule has 0 amide bonds. The molecule has 0 radical (unpaired) electrons. The van der Waals surface area contributed by atoms with E-state index in [1.807, 2.05) is 0 Å². The summed E-state index contributed by atoms with van der Waals surface area (Å²) >= 11 is 0. The van der Waals surface area contributed by atoms with Crippen molar-refractivity contribution >= 4 is 5.97 Å². The monoisotopic (exact) mass is 158 g/mol. The van der Waals surface area contributed by atoms with Crippen LogP contribution in [-0.4, -0.2) is 30.6 Å². The van der Waals surface area contributed by atoms with Crippen molar-refractivity contribution in [2.75, 3.05) is 13.4 Å². The molecule has 0 aromatic rings. The molecule has 0 spiro atoms. The first-order chi connectivity index (χ1) is 5.20. The van der Waals surface area contributed by atoms with Gasteiger partial charge in [0.1, 0.15) is 6.79 Å². The van der Waals surface area contributed by atoms with E-state index in [2.05, 4.69) is 6.58 Å². The van der Waals surface area contributed by atoms with Crippen LogP contribution in [0.3, 0.4) is 0 Å². The Morgan fingerprint density at radius 1 is 1.73 bits per heavy atom. The van der Waals surface area contributed by atoms with E-state index in [0.29, 0.717) is 13.0 Å². The zero-order valence-corrected chi connectivity index (χ0v) is 6.08. The Kier molecular flexibility index (Phi) is 2.62. The lowest BCUT2D eigenvalue weighted by molar-refractivity contribution is -0.133. The highest BCUT2D eigenvalue weighted by atomic mass is 16.7. The van der Waals surface area contributed by atoms with Gasteiger partial charge in [-0.2, -0.15) is 0 Å². The minimum Gasteiger partial charge on any atom is -0.478 e. The van der Waals surface area contributed by atoms with Gasteiger partial charge in [-0.15, -0.1) is 0 Å². The lowest BCUT2D eigenvalue weighted by Crippen LogP contribution is -2.13. The van der Waals surface area contributed by atoms with Gasteiger partial charge in [0.05, 0.1) is 12.7 Å². The van der Waals surface area contributed by atoms with Crippen molar-refractivity contribution < 1.29 is 19.4 Å². The van der Waals surface area contributed by atoms with Gasteiger partial charge in [-0.05, 0) is 0 Å². The predicted octanol–water partition coefficient (Wildman–Crippen LogP) is 0.390. The lowest BCUT2D eigenvalue weighted by atomic mass is 10.1. The van der Waals surface area contributed by atoms with Crippen LogP contribution in [0, 0.1) is 0 Å². The smallest absolute Gasteiger partial charge is 0.331 e.